The number of rotatable bonds is 3. The van der Waals surface area contributed by atoms with Crippen LogP contribution in [0.15, 0.2) is 29.8 Å². The molecular formula is C13H15NOS. The predicted molar refractivity (Wildman–Crippen MR) is 66.7 cm³/mol. The Kier molecular flexibility index (Phi) is 3.36. The molecule has 1 aromatic carbocycles. The SMILES string of the molecule is CCc1cccc(C(O)c2scnc2C)c1. The number of aliphatic hydroxyl groups excluding tert-OH is 1. The number of aryl methyl sites for hydroxylation is 2. The van der Waals surface area contributed by atoms with E-state index in [4.69, 9.17) is 0 Å². The lowest BCUT2D eigenvalue weighted by atomic mass is 10.0. The summed E-state index contributed by atoms with van der Waals surface area (Å²) in [6.45, 7) is 4.04. The van der Waals surface area contributed by atoms with Gasteiger partial charge in [0.1, 0.15) is 6.10 Å². The van der Waals surface area contributed by atoms with Gasteiger partial charge in [-0.05, 0) is 24.5 Å². The van der Waals surface area contributed by atoms with Crippen molar-refractivity contribution in [3.05, 3.63) is 51.5 Å². The standard InChI is InChI=1S/C13H15NOS/c1-3-10-5-4-6-11(7-10)12(15)13-9(2)14-8-16-13/h4-8,12,15H,3H2,1-2H3. The molecule has 0 aliphatic heterocycles. The molecule has 0 radical (unpaired) electrons. The monoisotopic (exact) mass is 233 g/mol. The summed E-state index contributed by atoms with van der Waals surface area (Å²) in [6.07, 6.45) is 0.446. The van der Waals surface area contributed by atoms with E-state index in [2.05, 4.69) is 24.0 Å². The Morgan fingerprint density at radius 2 is 2.25 bits per heavy atom. The highest BCUT2D eigenvalue weighted by Crippen LogP contribution is 2.28. The number of thiazole rings is 1. The van der Waals surface area contributed by atoms with Crippen molar-refractivity contribution in [3.63, 3.8) is 0 Å². The van der Waals surface area contributed by atoms with E-state index >= 15 is 0 Å². The zero-order chi connectivity index (χ0) is 11.5. The molecule has 0 fully saturated rings. The third kappa shape index (κ3) is 2.15. The van der Waals surface area contributed by atoms with Crippen molar-refractivity contribution in [2.45, 2.75) is 26.4 Å². The first-order valence-corrected chi connectivity index (χ1v) is 6.27. The van der Waals surface area contributed by atoms with Crippen molar-refractivity contribution < 1.29 is 5.11 Å². The molecule has 0 spiro atoms. The average molecular weight is 233 g/mol. The van der Waals surface area contributed by atoms with Crippen LogP contribution < -0.4 is 0 Å². The van der Waals surface area contributed by atoms with Gasteiger partial charge in [-0.2, -0.15) is 0 Å². The maximum atomic E-state index is 10.3. The smallest absolute Gasteiger partial charge is 0.115 e. The fourth-order valence-electron chi connectivity index (χ4n) is 1.71. The molecule has 84 valence electrons. The van der Waals surface area contributed by atoms with E-state index < -0.39 is 6.10 Å². The molecule has 3 heteroatoms. The van der Waals surface area contributed by atoms with Crippen molar-refractivity contribution in [1.29, 1.82) is 0 Å². The third-order valence-corrected chi connectivity index (χ3v) is 3.69. The van der Waals surface area contributed by atoms with E-state index in [0.29, 0.717) is 0 Å². The summed E-state index contributed by atoms with van der Waals surface area (Å²) in [5.74, 6) is 0. The third-order valence-electron chi connectivity index (χ3n) is 2.71. The highest BCUT2D eigenvalue weighted by Gasteiger charge is 2.15. The summed E-state index contributed by atoms with van der Waals surface area (Å²) in [6, 6.07) is 8.09. The van der Waals surface area contributed by atoms with Crippen LogP contribution >= 0.6 is 11.3 Å². The van der Waals surface area contributed by atoms with Crippen molar-refractivity contribution in [2.75, 3.05) is 0 Å². The molecule has 0 aliphatic rings. The largest absolute Gasteiger partial charge is 0.383 e. The Hall–Kier alpha value is -1.19. The minimum Gasteiger partial charge on any atom is -0.383 e. The summed E-state index contributed by atoms with van der Waals surface area (Å²) in [5, 5.41) is 10.3. The molecule has 0 saturated carbocycles. The van der Waals surface area contributed by atoms with Gasteiger partial charge in [0.05, 0.1) is 16.1 Å². The maximum Gasteiger partial charge on any atom is 0.115 e. The minimum absolute atomic E-state index is 0.543. The molecule has 0 bridgehead atoms. The zero-order valence-corrected chi connectivity index (χ0v) is 10.3. The van der Waals surface area contributed by atoms with Gasteiger partial charge >= 0.3 is 0 Å². The van der Waals surface area contributed by atoms with Crippen molar-refractivity contribution in [1.82, 2.24) is 4.98 Å². The number of benzene rings is 1. The fraction of sp³-hybridized carbons (Fsp3) is 0.308. The maximum absolute atomic E-state index is 10.3. The molecule has 0 saturated heterocycles. The predicted octanol–water partition coefficient (Wildman–Crippen LogP) is 3.10. The number of nitrogens with zero attached hydrogens (tertiary/aromatic N) is 1. The van der Waals surface area contributed by atoms with Crippen LogP contribution in [-0.2, 0) is 6.42 Å². The molecule has 0 amide bonds. The topological polar surface area (TPSA) is 33.1 Å². The minimum atomic E-state index is -0.543. The van der Waals surface area contributed by atoms with Crippen LogP contribution in [-0.4, -0.2) is 10.1 Å². The van der Waals surface area contributed by atoms with E-state index in [1.54, 1.807) is 5.51 Å². The molecule has 2 rings (SSSR count). The van der Waals surface area contributed by atoms with Crippen LogP contribution in [0.1, 0.15) is 34.7 Å². The number of aromatic nitrogens is 1. The summed E-state index contributed by atoms with van der Waals surface area (Å²) in [4.78, 5) is 5.10. The van der Waals surface area contributed by atoms with Gasteiger partial charge in [-0.25, -0.2) is 4.98 Å². The van der Waals surface area contributed by atoms with Gasteiger partial charge in [0.2, 0.25) is 0 Å². The second-order valence-electron chi connectivity index (χ2n) is 3.80. The van der Waals surface area contributed by atoms with Crippen LogP contribution in [0.25, 0.3) is 0 Å². The summed E-state index contributed by atoms with van der Waals surface area (Å²) >= 11 is 1.50. The number of hydrogen-bond acceptors (Lipinski definition) is 3. The van der Waals surface area contributed by atoms with Crippen LogP contribution in [0, 0.1) is 6.92 Å². The molecule has 2 aromatic rings. The Labute approximate surface area is 99.6 Å². The van der Waals surface area contributed by atoms with Crippen LogP contribution in [0.4, 0.5) is 0 Å². The van der Waals surface area contributed by atoms with E-state index in [0.717, 1.165) is 22.6 Å². The lowest BCUT2D eigenvalue weighted by Gasteiger charge is -2.10. The zero-order valence-electron chi connectivity index (χ0n) is 9.47. The summed E-state index contributed by atoms with van der Waals surface area (Å²) in [7, 11) is 0. The molecule has 1 atom stereocenters. The second-order valence-corrected chi connectivity index (χ2v) is 4.69. The normalized spacial score (nSPS) is 12.7. The first-order valence-electron chi connectivity index (χ1n) is 5.39. The average Bonchev–Trinajstić information content (AvgIpc) is 2.74. The van der Waals surface area contributed by atoms with Gasteiger partial charge in [-0.15, -0.1) is 11.3 Å². The van der Waals surface area contributed by atoms with Crippen LogP contribution in [0.2, 0.25) is 0 Å². The highest BCUT2D eigenvalue weighted by atomic mass is 32.1. The Morgan fingerprint density at radius 1 is 1.44 bits per heavy atom. The molecule has 2 nitrogen and oxygen atoms in total. The molecule has 0 aliphatic carbocycles. The lowest BCUT2D eigenvalue weighted by Crippen LogP contribution is -1.99. The fourth-order valence-corrected chi connectivity index (χ4v) is 2.52. The Balaban J connectivity index is 2.33. The van der Waals surface area contributed by atoms with Gasteiger partial charge < -0.3 is 5.11 Å². The Bertz CT molecular complexity index is 478. The summed E-state index contributed by atoms with van der Waals surface area (Å²) < 4.78 is 0. The van der Waals surface area contributed by atoms with E-state index in [-0.39, 0.29) is 0 Å². The van der Waals surface area contributed by atoms with Crippen molar-refractivity contribution in [2.24, 2.45) is 0 Å². The second kappa shape index (κ2) is 4.76. The van der Waals surface area contributed by atoms with Gasteiger partial charge in [-0.3, -0.25) is 0 Å². The van der Waals surface area contributed by atoms with Crippen molar-refractivity contribution >= 4 is 11.3 Å². The van der Waals surface area contributed by atoms with Crippen LogP contribution in [0.5, 0.6) is 0 Å². The van der Waals surface area contributed by atoms with Gasteiger partial charge in [0.15, 0.2) is 0 Å². The molecule has 1 N–H and O–H groups in total. The van der Waals surface area contributed by atoms with Gasteiger partial charge in [0, 0.05) is 0 Å². The lowest BCUT2D eigenvalue weighted by molar-refractivity contribution is 0.223. The Morgan fingerprint density at radius 3 is 2.88 bits per heavy atom. The summed E-state index contributed by atoms with van der Waals surface area (Å²) in [5.41, 5.74) is 4.89. The quantitative estimate of drug-likeness (QED) is 0.883. The number of hydrogen-bond donors (Lipinski definition) is 1. The first kappa shape index (κ1) is 11.3. The van der Waals surface area contributed by atoms with Gasteiger partial charge in [0.25, 0.3) is 0 Å². The van der Waals surface area contributed by atoms with Crippen molar-refractivity contribution in [3.8, 4) is 0 Å². The van der Waals surface area contributed by atoms with E-state index in [9.17, 15) is 5.11 Å². The van der Waals surface area contributed by atoms with Crippen LogP contribution in [0.3, 0.4) is 0 Å². The molecule has 1 heterocycles. The molecule has 16 heavy (non-hydrogen) atoms. The van der Waals surface area contributed by atoms with E-state index in [1.165, 1.54) is 16.9 Å². The highest BCUT2D eigenvalue weighted by molar-refractivity contribution is 7.09. The first-order chi connectivity index (χ1) is 7.72. The molecular weight excluding hydrogens is 218 g/mol. The van der Waals surface area contributed by atoms with E-state index in [1.807, 2.05) is 19.1 Å². The molecule has 1 aromatic heterocycles. The number of aliphatic hydroxyl groups is 1. The van der Waals surface area contributed by atoms with Gasteiger partial charge in [-0.1, -0.05) is 31.2 Å². The molecule has 1 unspecified atom stereocenters.